The van der Waals surface area contributed by atoms with Crippen molar-refractivity contribution in [2.45, 2.75) is 13.8 Å². The quantitative estimate of drug-likeness (QED) is 0.710. The zero-order valence-corrected chi connectivity index (χ0v) is 16.4. The minimum absolute atomic E-state index is 0.184. The molecule has 0 fully saturated rings. The fourth-order valence-electron chi connectivity index (χ4n) is 3.15. The summed E-state index contributed by atoms with van der Waals surface area (Å²) in [4.78, 5) is 23.2. The van der Waals surface area contributed by atoms with E-state index in [1.807, 2.05) is 56.3 Å². The molecule has 0 saturated carbocycles. The highest BCUT2D eigenvalue weighted by Gasteiger charge is 2.18. The van der Waals surface area contributed by atoms with Gasteiger partial charge in [-0.15, -0.1) is 0 Å². The minimum Gasteiger partial charge on any atom is -0.486 e. The number of ether oxygens (including phenoxy) is 2. The summed E-state index contributed by atoms with van der Waals surface area (Å²) in [5.74, 6) is 1.77. The van der Waals surface area contributed by atoms with Gasteiger partial charge in [-0.25, -0.2) is 9.97 Å². The number of carbonyl (C=O) groups excluding carboxylic acids is 1. The van der Waals surface area contributed by atoms with Crippen LogP contribution in [0, 0.1) is 6.92 Å². The first-order chi connectivity index (χ1) is 14.1. The molecule has 1 aliphatic rings. The third kappa shape index (κ3) is 4.13. The maximum absolute atomic E-state index is 12.9. The van der Waals surface area contributed by atoms with Gasteiger partial charge in [0.05, 0.1) is 12.4 Å². The Labute approximate surface area is 169 Å². The van der Waals surface area contributed by atoms with Crippen LogP contribution in [0.25, 0.3) is 0 Å². The van der Waals surface area contributed by atoms with Crippen LogP contribution in [0.15, 0.2) is 54.9 Å². The Kier molecular flexibility index (Phi) is 5.29. The lowest BCUT2D eigenvalue weighted by molar-refractivity contribution is 0.0983. The molecule has 2 aromatic carbocycles. The number of carbonyl (C=O) groups is 1. The number of hydrogen-bond acceptors (Lipinski definition) is 6. The topological polar surface area (TPSA) is 76.6 Å². The molecule has 7 heteroatoms. The molecule has 148 valence electrons. The normalized spacial score (nSPS) is 12.3. The van der Waals surface area contributed by atoms with Gasteiger partial charge in [0.2, 0.25) is 0 Å². The van der Waals surface area contributed by atoms with E-state index in [1.54, 1.807) is 11.1 Å². The molecule has 0 unspecified atom stereocenters. The van der Waals surface area contributed by atoms with E-state index in [2.05, 4.69) is 15.3 Å². The van der Waals surface area contributed by atoms with Gasteiger partial charge in [0, 0.05) is 24.0 Å². The SMILES string of the molecule is CCN(C(=O)c1cnc(Nc2ccc3c(c2)OCCO3)cn1)c1cccc(C)c1. The maximum Gasteiger partial charge on any atom is 0.278 e. The molecule has 0 bridgehead atoms. The standard InChI is InChI=1S/C22H22N4O3/c1-3-26(17-6-4-5-15(2)11-17)22(27)18-13-24-21(14-23-18)25-16-7-8-19-20(12-16)29-10-9-28-19/h4-8,11-14H,3,9-10H2,1-2H3,(H,24,25). The molecule has 29 heavy (non-hydrogen) atoms. The van der Waals surface area contributed by atoms with Crippen LogP contribution in [0.3, 0.4) is 0 Å². The van der Waals surface area contributed by atoms with Gasteiger partial charge in [0.15, 0.2) is 11.5 Å². The molecular weight excluding hydrogens is 368 g/mol. The molecular formula is C22H22N4O3. The van der Waals surface area contributed by atoms with Gasteiger partial charge < -0.3 is 19.7 Å². The lowest BCUT2D eigenvalue weighted by Crippen LogP contribution is -2.31. The summed E-state index contributed by atoms with van der Waals surface area (Å²) in [6.45, 7) is 5.56. The van der Waals surface area contributed by atoms with Crippen LogP contribution in [-0.4, -0.2) is 35.6 Å². The summed E-state index contributed by atoms with van der Waals surface area (Å²) in [5.41, 5.74) is 3.04. The fraction of sp³-hybridized carbons (Fsp3) is 0.227. The highest BCUT2D eigenvalue weighted by Crippen LogP contribution is 2.33. The lowest BCUT2D eigenvalue weighted by atomic mass is 10.2. The molecule has 2 heterocycles. The molecule has 1 aromatic heterocycles. The largest absolute Gasteiger partial charge is 0.486 e. The van der Waals surface area contributed by atoms with E-state index in [9.17, 15) is 4.79 Å². The highest BCUT2D eigenvalue weighted by molar-refractivity contribution is 6.04. The molecule has 3 aromatic rings. The maximum atomic E-state index is 12.9. The van der Waals surface area contributed by atoms with Crippen molar-refractivity contribution in [1.82, 2.24) is 9.97 Å². The van der Waals surface area contributed by atoms with E-state index in [1.165, 1.54) is 6.20 Å². The van der Waals surface area contributed by atoms with Gasteiger partial charge in [-0.1, -0.05) is 12.1 Å². The van der Waals surface area contributed by atoms with Crippen LogP contribution < -0.4 is 19.7 Å². The number of amides is 1. The summed E-state index contributed by atoms with van der Waals surface area (Å²) in [5, 5.41) is 3.17. The van der Waals surface area contributed by atoms with Crippen LogP contribution in [0.2, 0.25) is 0 Å². The Bertz CT molecular complexity index is 1020. The van der Waals surface area contributed by atoms with E-state index < -0.39 is 0 Å². The van der Waals surface area contributed by atoms with E-state index >= 15 is 0 Å². The van der Waals surface area contributed by atoms with Crippen molar-refractivity contribution < 1.29 is 14.3 Å². The van der Waals surface area contributed by atoms with E-state index in [0.29, 0.717) is 37.0 Å². The van der Waals surface area contributed by atoms with Crippen molar-refractivity contribution in [3.8, 4) is 11.5 Å². The molecule has 0 atom stereocenters. The number of anilines is 3. The van der Waals surface area contributed by atoms with Crippen LogP contribution in [0.5, 0.6) is 11.5 Å². The van der Waals surface area contributed by atoms with Crippen molar-refractivity contribution in [2.24, 2.45) is 0 Å². The average Bonchev–Trinajstić information content (AvgIpc) is 2.75. The number of aromatic nitrogens is 2. The molecule has 0 spiro atoms. The number of hydrogen-bond donors (Lipinski definition) is 1. The van der Waals surface area contributed by atoms with Crippen molar-refractivity contribution in [3.05, 3.63) is 66.1 Å². The number of rotatable bonds is 5. The first kappa shape index (κ1) is 18.7. The lowest BCUT2D eigenvalue weighted by Gasteiger charge is -2.21. The second-order valence-electron chi connectivity index (χ2n) is 6.66. The van der Waals surface area contributed by atoms with Crippen LogP contribution in [0.4, 0.5) is 17.2 Å². The summed E-state index contributed by atoms with van der Waals surface area (Å²) in [6.07, 6.45) is 3.04. The predicted octanol–water partition coefficient (Wildman–Crippen LogP) is 3.97. The highest BCUT2D eigenvalue weighted by atomic mass is 16.6. The zero-order valence-electron chi connectivity index (χ0n) is 16.4. The number of fused-ring (bicyclic) bond motifs is 1. The molecule has 0 radical (unpaired) electrons. The Morgan fingerprint density at radius 3 is 2.62 bits per heavy atom. The zero-order chi connectivity index (χ0) is 20.2. The van der Waals surface area contributed by atoms with Crippen molar-refractivity contribution in [3.63, 3.8) is 0 Å². The Morgan fingerprint density at radius 1 is 1.07 bits per heavy atom. The second kappa shape index (κ2) is 8.18. The molecule has 1 amide bonds. The summed E-state index contributed by atoms with van der Waals surface area (Å²) >= 11 is 0. The average molecular weight is 390 g/mol. The van der Waals surface area contributed by atoms with Gasteiger partial charge in [0.1, 0.15) is 24.7 Å². The molecule has 0 saturated heterocycles. The van der Waals surface area contributed by atoms with Crippen LogP contribution in [-0.2, 0) is 0 Å². The van der Waals surface area contributed by atoms with Gasteiger partial charge >= 0.3 is 0 Å². The van der Waals surface area contributed by atoms with Crippen molar-refractivity contribution >= 4 is 23.1 Å². The van der Waals surface area contributed by atoms with E-state index in [4.69, 9.17) is 9.47 Å². The van der Waals surface area contributed by atoms with Gasteiger partial charge in [-0.3, -0.25) is 4.79 Å². The third-order valence-corrected chi connectivity index (χ3v) is 4.56. The van der Waals surface area contributed by atoms with Gasteiger partial charge in [-0.05, 0) is 43.7 Å². The molecule has 7 nitrogen and oxygen atoms in total. The monoisotopic (exact) mass is 390 g/mol. The van der Waals surface area contributed by atoms with Crippen LogP contribution in [0.1, 0.15) is 23.0 Å². The molecule has 4 rings (SSSR count). The molecule has 0 aliphatic carbocycles. The first-order valence-corrected chi connectivity index (χ1v) is 9.51. The minimum atomic E-state index is -0.184. The Hall–Kier alpha value is -3.61. The number of benzene rings is 2. The van der Waals surface area contributed by atoms with Gasteiger partial charge in [-0.2, -0.15) is 0 Å². The second-order valence-corrected chi connectivity index (χ2v) is 6.66. The number of nitrogens with zero attached hydrogens (tertiary/aromatic N) is 3. The predicted molar refractivity (Wildman–Crippen MR) is 111 cm³/mol. The first-order valence-electron chi connectivity index (χ1n) is 9.51. The van der Waals surface area contributed by atoms with Crippen molar-refractivity contribution in [2.75, 3.05) is 30.0 Å². The number of nitrogens with one attached hydrogen (secondary N) is 1. The fourth-order valence-corrected chi connectivity index (χ4v) is 3.15. The summed E-state index contributed by atoms with van der Waals surface area (Å²) < 4.78 is 11.1. The molecule has 1 N–H and O–H groups in total. The summed E-state index contributed by atoms with van der Waals surface area (Å²) in [6, 6.07) is 13.4. The van der Waals surface area contributed by atoms with Crippen LogP contribution >= 0.6 is 0 Å². The van der Waals surface area contributed by atoms with E-state index in [0.717, 1.165) is 22.7 Å². The number of aryl methyl sites for hydroxylation is 1. The Balaban J connectivity index is 1.49. The van der Waals surface area contributed by atoms with E-state index in [-0.39, 0.29) is 5.91 Å². The molecule has 1 aliphatic heterocycles. The summed E-state index contributed by atoms with van der Waals surface area (Å²) in [7, 11) is 0. The third-order valence-electron chi connectivity index (χ3n) is 4.56. The smallest absolute Gasteiger partial charge is 0.278 e. The Morgan fingerprint density at radius 2 is 1.90 bits per heavy atom. The van der Waals surface area contributed by atoms with Gasteiger partial charge in [0.25, 0.3) is 5.91 Å². The van der Waals surface area contributed by atoms with Crippen molar-refractivity contribution in [1.29, 1.82) is 0 Å².